The molecule has 2 rings (SSSR count). The summed E-state index contributed by atoms with van der Waals surface area (Å²) in [7, 11) is 0. The van der Waals surface area contributed by atoms with Crippen molar-refractivity contribution in [2.24, 2.45) is 0 Å². The van der Waals surface area contributed by atoms with E-state index in [0.717, 1.165) is 4.88 Å². The third-order valence-electron chi connectivity index (χ3n) is 2.10. The van der Waals surface area contributed by atoms with Crippen LogP contribution in [-0.4, -0.2) is 5.78 Å². The van der Waals surface area contributed by atoms with E-state index < -0.39 is 5.92 Å². The number of thiophene rings is 1. The smallest absolute Gasteiger partial charge is 0.189 e. The van der Waals surface area contributed by atoms with Gasteiger partial charge in [-0.1, -0.05) is 6.07 Å². The van der Waals surface area contributed by atoms with Crippen molar-refractivity contribution in [3.05, 3.63) is 45.0 Å². The molecule has 0 radical (unpaired) electrons. The summed E-state index contributed by atoms with van der Waals surface area (Å²) in [5.41, 5.74) is 0.403. The average molecular weight is 296 g/mol. The Morgan fingerprint density at radius 2 is 2.38 bits per heavy atom. The van der Waals surface area contributed by atoms with Crippen molar-refractivity contribution in [1.29, 1.82) is 5.26 Å². The van der Waals surface area contributed by atoms with Gasteiger partial charge in [0, 0.05) is 4.88 Å². The van der Waals surface area contributed by atoms with Gasteiger partial charge < -0.3 is 4.42 Å². The molecule has 0 spiro atoms. The van der Waals surface area contributed by atoms with Crippen molar-refractivity contribution in [1.82, 2.24) is 0 Å². The molecular formula is C11H6BrNO2S. The Balaban J connectivity index is 2.35. The minimum Gasteiger partial charge on any atom is -0.457 e. The lowest BCUT2D eigenvalue weighted by Crippen LogP contribution is -2.09. The maximum absolute atomic E-state index is 12.1. The fourth-order valence-electron chi connectivity index (χ4n) is 1.33. The first-order chi connectivity index (χ1) is 7.74. The summed E-state index contributed by atoms with van der Waals surface area (Å²) >= 11 is 4.53. The van der Waals surface area contributed by atoms with E-state index in [9.17, 15) is 4.79 Å². The fourth-order valence-corrected chi connectivity index (χ4v) is 2.53. The summed E-state index contributed by atoms with van der Waals surface area (Å²) in [5, 5.41) is 10.9. The zero-order valence-corrected chi connectivity index (χ0v) is 10.4. The lowest BCUT2D eigenvalue weighted by atomic mass is 10.00. The monoisotopic (exact) mass is 295 g/mol. The van der Waals surface area contributed by atoms with E-state index in [1.54, 1.807) is 12.1 Å². The molecule has 16 heavy (non-hydrogen) atoms. The minimum atomic E-state index is -0.756. The zero-order valence-electron chi connectivity index (χ0n) is 8.01. The van der Waals surface area contributed by atoms with Crippen LogP contribution in [0.15, 0.2) is 38.9 Å². The van der Waals surface area contributed by atoms with Crippen LogP contribution < -0.4 is 0 Å². The molecule has 0 bridgehead atoms. The van der Waals surface area contributed by atoms with Gasteiger partial charge in [-0.3, -0.25) is 4.79 Å². The molecule has 2 aromatic rings. The van der Waals surface area contributed by atoms with Crippen molar-refractivity contribution < 1.29 is 9.21 Å². The van der Waals surface area contributed by atoms with Gasteiger partial charge in [-0.2, -0.15) is 5.26 Å². The van der Waals surface area contributed by atoms with Crippen molar-refractivity contribution in [3.8, 4) is 6.07 Å². The lowest BCUT2D eigenvalue weighted by Gasteiger charge is -2.03. The molecule has 0 saturated heterocycles. The van der Waals surface area contributed by atoms with E-state index in [0.29, 0.717) is 10.2 Å². The van der Waals surface area contributed by atoms with Gasteiger partial charge >= 0.3 is 0 Å². The number of nitriles is 1. The van der Waals surface area contributed by atoms with Crippen LogP contribution in [0, 0.1) is 11.3 Å². The summed E-state index contributed by atoms with van der Waals surface area (Å²) in [6.07, 6.45) is 1.42. The van der Waals surface area contributed by atoms with E-state index in [2.05, 4.69) is 15.9 Å². The van der Waals surface area contributed by atoms with E-state index >= 15 is 0 Å². The number of carbonyl (C=O) groups excluding carboxylic acids is 1. The Morgan fingerprint density at radius 1 is 1.56 bits per heavy atom. The van der Waals surface area contributed by atoms with E-state index in [1.165, 1.54) is 17.6 Å². The minimum absolute atomic E-state index is 0.245. The van der Waals surface area contributed by atoms with Gasteiger partial charge in [0.15, 0.2) is 10.5 Å². The van der Waals surface area contributed by atoms with Crippen LogP contribution in [0.5, 0.6) is 0 Å². The molecule has 0 aliphatic heterocycles. The Morgan fingerprint density at radius 3 is 2.88 bits per heavy atom. The highest BCUT2D eigenvalue weighted by Crippen LogP contribution is 2.28. The molecule has 0 aliphatic carbocycles. The first-order valence-electron chi connectivity index (χ1n) is 4.44. The summed E-state index contributed by atoms with van der Waals surface area (Å²) in [4.78, 5) is 12.8. The number of furan rings is 1. The van der Waals surface area contributed by atoms with Crippen LogP contribution in [0.1, 0.15) is 21.2 Å². The van der Waals surface area contributed by atoms with E-state index in [-0.39, 0.29) is 5.78 Å². The molecule has 80 valence electrons. The van der Waals surface area contributed by atoms with Crippen molar-refractivity contribution in [3.63, 3.8) is 0 Å². The van der Waals surface area contributed by atoms with Crippen LogP contribution >= 0.6 is 27.3 Å². The largest absolute Gasteiger partial charge is 0.457 e. The summed E-state index contributed by atoms with van der Waals surface area (Å²) < 4.78 is 5.36. The molecule has 0 saturated carbocycles. The number of halogens is 1. The molecule has 5 heteroatoms. The van der Waals surface area contributed by atoms with Gasteiger partial charge in [0.2, 0.25) is 0 Å². The van der Waals surface area contributed by atoms with Crippen LogP contribution in [0.3, 0.4) is 0 Å². The van der Waals surface area contributed by atoms with Crippen LogP contribution in [0.25, 0.3) is 0 Å². The van der Waals surface area contributed by atoms with Crippen LogP contribution in [0.2, 0.25) is 0 Å². The summed E-state index contributed by atoms with van der Waals surface area (Å²) in [6, 6.07) is 7.18. The maximum atomic E-state index is 12.1. The Labute approximate surface area is 104 Å². The third-order valence-corrected chi connectivity index (χ3v) is 3.65. The van der Waals surface area contributed by atoms with Crippen LogP contribution in [0.4, 0.5) is 0 Å². The number of hydrogen-bond donors (Lipinski definition) is 0. The second kappa shape index (κ2) is 4.64. The highest BCUT2D eigenvalue weighted by atomic mass is 79.9. The highest BCUT2D eigenvalue weighted by Gasteiger charge is 2.25. The standard InChI is InChI=1S/C11H6BrNO2S/c12-11-7(3-4-15-11)10(14)8(6-13)9-2-1-5-16-9/h1-5,8H. The number of ketones is 1. The van der Waals surface area contributed by atoms with Gasteiger partial charge in [0.25, 0.3) is 0 Å². The molecule has 0 fully saturated rings. The molecule has 0 aromatic carbocycles. The summed E-state index contributed by atoms with van der Waals surface area (Å²) in [6.45, 7) is 0. The number of hydrogen-bond acceptors (Lipinski definition) is 4. The van der Waals surface area contributed by atoms with Crippen molar-refractivity contribution in [2.45, 2.75) is 5.92 Å². The molecule has 3 nitrogen and oxygen atoms in total. The first-order valence-corrected chi connectivity index (χ1v) is 6.11. The SMILES string of the molecule is N#CC(C(=O)c1ccoc1Br)c1cccs1. The highest BCUT2D eigenvalue weighted by molar-refractivity contribution is 9.10. The molecule has 2 heterocycles. The summed E-state index contributed by atoms with van der Waals surface area (Å²) in [5.74, 6) is -1.00. The van der Waals surface area contributed by atoms with Crippen molar-refractivity contribution in [2.75, 3.05) is 0 Å². The first kappa shape index (κ1) is 11.1. The lowest BCUT2D eigenvalue weighted by molar-refractivity contribution is 0.0978. The molecule has 2 aromatic heterocycles. The Hall–Kier alpha value is -1.38. The normalized spacial score (nSPS) is 12.0. The van der Waals surface area contributed by atoms with Gasteiger partial charge in [0.1, 0.15) is 5.92 Å². The number of nitrogens with zero attached hydrogens (tertiary/aromatic N) is 1. The van der Waals surface area contributed by atoms with Gasteiger partial charge in [-0.05, 0) is 33.4 Å². The fraction of sp³-hybridized carbons (Fsp3) is 0.0909. The Kier molecular flexibility index (Phi) is 3.22. The second-order valence-electron chi connectivity index (χ2n) is 3.05. The molecule has 1 unspecified atom stereocenters. The predicted molar refractivity (Wildman–Crippen MR) is 63.4 cm³/mol. The predicted octanol–water partition coefficient (Wildman–Crippen LogP) is 3.59. The van der Waals surface area contributed by atoms with E-state index in [1.807, 2.05) is 17.5 Å². The molecule has 0 aliphatic rings. The van der Waals surface area contributed by atoms with Crippen molar-refractivity contribution >= 4 is 33.0 Å². The zero-order chi connectivity index (χ0) is 11.5. The number of rotatable bonds is 3. The van der Waals surface area contributed by atoms with Crippen LogP contribution in [-0.2, 0) is 0 Å². The van der Waals surface area contributed by atoms with Gasteiger partial charge in [0.05, 0.1) is 17.9 Å². The number of Topliss-reactive ketones (excluding diaryl/α,β-unsaturated/α-hetero) is 1. The third kappa shape index (κ3) is 1.94. The number of carbonyl (C=O) groups is 1. The topological polar surface area (TPSA) is 54.0 Å². The molecular weight excluding hydrogens is 290 g/mol. The Bertz CT molecular complexity index is 539. The molecule has 0 N–H and O–H groups in total. The average Bonchev–Trinajstić information content (AvgIpc) is 2.90. The van der Waals surface area contributed by atoms with E-state index in [4.69, 9.17) is 9.68 Å². The maximum Gasteiger partial charge on any atom is 0.189 e. The molecule has 0 amide bonds. The molecule has 1 atom stereocenters. The van der Waals surface area contributed by atoms with Gasteiger partial charge in [-0.15, -0.1) is 11.3 Å². The van der Waals surface area contributed by atoms with Gasteiger partial charge in [-0.25, -0.2) is 0 Å². The quantitative estimate of drug-likeness (QED) is 0.813. The second-order valence-corrected chi connectivity index (χ2v) is 4.75.